The van der Waals surface area contributed by atoms with Crippen LogP contribution in [0.5, 0.6) is 0 Å². The second-order valence-electron chi connectivity index (χ2n) is 7.38. The Kier molecular flexibility index (Phi) is 5.31. The van der Waals surface area contributed by atoms with Crippen molar-refractivity contribution in [2.75, 3.05) is 6.61 Å². The van der Waals surface area contributed by atoms with Crippen LogP contribution in [0.15, 0.2) is 59.3 Å². The van der Waals surface area contributed by atoms with E-state index in [1.807, 2.05) is 35.1 Å². The molecule has 3 heterocycles. The van der Waals surface area contributed by atoms with Gasteiger partial charge in [0.2, 0.25) is 0 Å². The molecule has 2 aromatic heterocycles. The quantitative estimate of drug-likeness (QED) is 0.312. The van der Waals surface area contributed by atoms with E-state index in [1.54, 1.807) is 18.3 Å². The summed E-state index contributed by atoms with van der Waals surface area (Å²) in [4.78, 5) is 4.44. The molecule has 1 atom stereocenters. The Morgan fingerprint density at radius 2 is 2.00 bits per heavy atom. The van der Waals surface area contributed by atoms with Gasteiger partial charge in [0.05, 0.1) is 5.52 Å². The number of pyridine rings is 1. The molecule has 4 nitrogen and oxygen atoms in total. The molecule has 5 rings (SSSR count). The topological polar surface area (TPSA) is 39.9 Å². The Morgan fingerprint density at radius 1 is 1.10 bits per heavy atom. The largest absolute Gasteiger partial charge is 0.357 e. The van der Waals surface area contributed by atoms with Gasteiger partial charge in [-0.15, -0.1) is 0 Å². The van der Waals surface area contributed by atoms with Crippen molar-refractivity contribution < 1.29 is 9.13 Å². The predicted octanol–water partition coefficient (Wildman–Crippen LogP) is 7.02. The average molecular weight is 487 g/mol. The molecule has 1 aliphatic rings. The van der Waals surface area contributed by atoms with Gasteiger partial charge < -0.3 is 4.74 Å². The summed E-state index contributed by atoms with van der Waals surface area (Å²) >= 11 is 9.66. The standard InChI is InChI=1S/C23H18BrClFN3O/c24-16-10-15-9-14(4-7-21(15)27-12-16)19-13-29(22-3-1-2-8-30-22)28-23(19)18-11-17(25)5-6-20(18)26/h4-7,9-13,22H,1-3,8H2. The maximum Gasteiger partial charge on any atom is 0.150 e. The van der Waals surface area contributed by atoms with Gasteiger partial charge in [-0.25, -0.2) is 9.07 Å². The van der Waals surface area contributed by atoms with E-state index in [0.29, 0.717) is 22.9 Å². The van der Waals surface area contributed by atoms with Gasteiger partial charge in [0.25, 0.3) is 0 Å². The number of halogens is 3. The van der Waals surface area contributed by atoms with Crippen LogP contribution in [-0.4, -0.2) is 21.4 Å². The molecule has 4 aromatic rings. The fourth-order valence-electron chi connectivity index (χ4n) is 3.83. The van der Waals surface area contributed by atoms with Gasteiger partial charge >= 0.3 is 0 Å². The van der Waals surface area contributed by atoms with Crippen LogP contribution in [0.2, 0.25) is 5.02 Å². The van der Waals surface area contributed by atoms with Crippen molar-refractivity contribution in [1.82, 2.24) is 14.8 Å². The third-order valence-corrected chi connectivity index (χ3v) is 5.99. The van der Waals surface area contributed by atoms with Gasteiger partial charge in [-0.05, 0) is 77.2 Å². The Balaban J connectivity index is 1.69. The molecule has 1 unspecified atom stereocenters. The molecule has 7 heteroatoms. The Labute approximate surface area is 186 Å². The molecule has 0 saturated carbocycles. The van der Waals surface area contributed by atoms with Crippen LogP contribution in [0, 0.1) is 5.82 Å². The van der Waals surface area contributed by atoms with E-state index in [9.17, 15) is 4.39 Å². The van der Waals surface area contributed by atoms with Crippen LogP contribution in [0.3, 0.4) is 0 Å². The van der Waals surface area contributed by atoms with Gasteiger partial charge in [0, 0.05) is 45.0 Å². The van der Waals surface area contributed by atoms with E-state index < -0.39 is 0 Å². The molecule has 1 saturated heterocycles. The summed E-state index contributed by atoms with van der Waals surface area (Å²) in [5.74, 6) is -0.360. The molecule has 0 N–H and O–H groups in total. The van der Waals surface area contributed by atoms with Gasteiger partial charge in [0.1, 0.15) is 17.7 Å². The van der Waals surface area contributed by atoms with E-state index >= 15 is 0 Å². The summed E-state index contributed by atoms with van der Waals surface area (Å²) in [5, 5.41) is 6.20. The molecule has 2 aromatic carbocycles. The zero-order chi connectivity index (χ0) is 20.7. The smallest absolute Gasteiger partial charge is 0.150 e. The highest BCUT2D eigenvalue weighted by molar-refractivity contribution is 9.10. The average Bonchev–Trinajstić information content (AvgIpc) is 3.21. The van der Waals surface area contributed by atoms with E-state index in [0.717, 1.165) is 45.8 Å². The van der Waals surface area contributed by atoms with E-state index in [-0.39, 0.29) is 12.0 Å². The van der Waals surface area contributed by atoms with Crippen molar-refractivity contribution in [3.63, 3.8) is 0 Å². The second kappa shape index (κ2) is 8.10. The summed E-state index contributed by atoms with van der Waals surface area (Å²) in [6.45, 7) is 0.705. The monoisotopic (exact) mass is 485 g/mol. The highest BCUT2D eigenvalue weighted by Gasteiger charge is 2.22. The van der Waals surface area contributed by atoms with Gasteiger partial charge in [-0.2, -0.15) is 5.10 Å². The third-order valence-electron chi connectivity index (χ3n) is 5.33. The summed E-state index contributed by atoms with van der Waals surface area (Å²) in [6.07, 6.45) is 6.58. The zero-order valence-electron chi connectivity index (χ0n) is 16.0. The predicted molar refractivity (Wildman–Crippen MR) is 120 cm³/mol. The first-order valence-corrected chi connectivity index (χ1v) is 11.0. The fourth-order valence-corrected chi connectivity index (χ4v) is 4.35. The van der Waals surface area contributed by atoms with Crippen molar-refractivity contribution in [1.29, 1.82) is 0 Å². The summed E-state index contributed by atoms with van der Waals surface area (Å²) in [5.41, 5.74) is 3.57. The number of nitrogens with zero attached hydrogens (tertiary/aromatic N) is 3. The number of rotatable bonds is 3. The molecule has 1 fully saturated rings. The lowest BCUT2D eigenvalue weighted by atomic mass is 10.00. The summed E-state index contributed by atoms with van der Waals surface area (Å²) in [6, 6.07) is 12.5. The zero-order valence-corrected chi connectivity index (χ0v) is 18.3. The lowest BCUT2D eigenvalue weighted by molar-refractivity contribution is -0.0393. The van der Waals surface area contributed by atoms with Crippen molar-refractivity contribution in [2.45, 2.75) is 25.5 Å². The van der Waals surface area contributed by atoms with Gasteiger partial charge in [0.15, 0.2) is 0 Å². The van der Waals surface area contributed by atoms with Crippen molar-refractivity contribution >= 4 is 38.4 Å². The summed E-state index contributed by atoms with van der Waals surface area (Å²) in [7, 11) is 0. The third kappa shape index (κ3) is 3.75. The highest BCUT2D eigenvalue weighted by Crippen LogP contribution is 2.37. The normalized spacial score (nSPS) is 16.8. The van der Waals surface area contributed by atoms with Crippen LogP contribution in [0.1, 0.15) is 25.5 Å². The first kappa shape index (κ1) is 19.7. The molecule has 0 bridgehead atoms. The van der Waals surface area contributed by atoms with Crippen LogP contribution in [0.25, 0.3) is 33.3 Å². The fraction of sp³-hybridized carbons (Fsp3) is 0.217. The molecule has 152 valence electrons. The molecular weight excluding hydrogens is 469 g/mol. The molecule has 0 spiro atoms. The molecule has 0 amide bonds. The second-order valence-corrected chi connectivity index (χ2v) is 8.73. The molecule has 30 heavy (non-hydrogen) atoms. The molecule has 0 aliphatic carbocycles. The molecular formula is C23H18BrClFN3O. The number of hydrogen-bond acceptors (Lipinski definition) is 3. The van der Waals surface area contributed by atoms with Crippen molar-refractivity contribution in [3.8, 4) is 22.4 Å². The van der Waals surface area contributed by atoms with Crippen LogP contribution in [-0.2, 0) is 4.74 Å². The number of hydrogen-bond donors (Lipinski definition) is 0. The molecule has 0 radical (unpaired) electrons. The maximum absolute atomic E-state index is 14.8. The van der Waals surface area contributed by atoms with E-state index in [2.05, 4.69) is 20.9 Å². The maximum atomic E-state index is 14.8. The highest BCUT2D eigenvalue weighted by atomic mass is 79.9. The van der Waals surface area contributed by atoms with Gasteiger partial charge in [-0.3, -0.25) is 4.98 Å². The minimum Gasteiger partial charge on any atom is -0.357 e. The lowest BCUT2D eigenvalue weighted by Gasteiger charge is -2.22. The van der Waals surface area contributed by atoms with Crippen LogP contribution < -0.4 is 0 Å². The minimum atomic E-state index is -0.360. The van der Waals surface area contributed by atoms with Crippen LogP contribution in [0.4, 0.5) is 4.39 Å². The van der Waals surface area contributed by atoms with Crippen molar-refractivity contribution in [3.05, 3.63) is 70.2 Å². The SMILES string of the molecule is Fc1ccc(Cl)cc1-c1nn(C2CCCCO2)cc1-c1ccc2ncc(Br)cc2c1. The van der Waals surface area contributed by atoms with Crippen molar-refractivity contribution in [2.24, 2.45) is 0 Å². The van der Waals surface area contributed by atoms with Crippen LogP contribution >= 0.6 is 27.5 Å². The number of ether oxygens (including phenoxy) is 1. The Bertz CT molecular complexity index is 1240. The lowest BCUT2D eigenvalue weighted by Crippen LogP contribution is -2.18. The number of aromatic nitrogens is 3. The first-order valence-electron chi connectivity index (χ1n) is 9.80. The van der Waals surface area contributed by atoms with E-state index in [4.69, 9.17) is 21.4 Å². The number of fused-ring (bicyclic) bond motifs is 1. The number of benzene rings is 2. The molecule has 1 aliphatic heterocycles. The minimum absolute atomic E-state index is 0.148. The summed E-state index contributed by atoms with van der Waals surface area (Å²) < 4.78 is 23.4. The van der Waals surface area contributed by atoms with E-state index in [1.165, 1.54) is 6.07 Å². The Morgan fingerprint density at radius 3 is 2.83 bits per heavy atom. The Hall–Kier alpha value is -2.28. The first-order chi connectivity index (χ1) is 14.6. The van der Waals surface area contributed by atoms with Gasteiger partial charge in [-0.1, -0.05) is 17.7 Å².